The van der Waals surface area contributed by atoms with E-state index in [1.807, 2.05) is 6.07 Å². The van der Waals surface area contributed by atoms with Crippen molar-refractivity contribution in [2.24, 2.45) is 0 Å². The SMILES string of the molecule is COc1ccc2c(c1OC)C(=O)OC2CC(=O)Nc1cccc(-c2n[nH]c(Cn3cncn3)n2)c1. The van der Waals surface area contributed by atoms with Crippen LogP contribution in [0.15, 0.2) is 49.1 Å². The number of rotatable bonds is 8. The van der Waals surface area contributed by atoms with E-state index in [0.29, 0.717) is 40.9 Å². The van der Waals surface area contributed by atoms with Crippen molar-refractivity contribution in [3.8, 4) is 22.9 Å². The second-order valence-corrected chi connectivity index (χ2v) is 7.69. The Morgan fingerprint density at radius 1 is 1.23 bits per heavy atom. The molecular formula is C23H21N7O5. The third kappa shape index (κ3) is 4.40. The van der Waals surface area contributed by atoms with Crippen molar-refractivity contribution in [3.05, 3.63) is 66.0 Å². The highest BCUT2D eigenvalue weighted by molar-refractivity contribution is 5.99. The largest absolute Gasteiger partial charge is 0.493 e. The minimum atomic E-state index is -0.729. The second-order valence-electron chi connectivity index (χ2n) is 7.69. The van der Waals surface area contributed by atoms with Gasteiger partial charge in [-0.05, 0) is 18.2 Å². The van der Waals surface area contributed by atoms with E-state index in [9.17, 15) is 9.59 Å². The number of methoxy groups -OCH3 is 2. The van der Waals surface area contributed by atoms with Gasteiger partial charge < -0.3 is 19.5 Å². The first-order valence-electron chi connectivity index (χ1n) is 10.7. The Kier molecular flexibility index (Phi) is 5.83. The number of hydrogen-bond donors (Lipinski definition) is 2. The molecule has 1 amide bonds. The number of fused-ring (bicyclic) bond motifs is 1. The Balaban J connectivity index is 1.28. The quantitative estimate of drug-likeness (QED) is 0.367. The highest BCUT2D eigenvalue weighted by Gasteiger charge is 2.36. The van der Waals surface area contributed by atoms with Crippen LogP contribution in [0.1, 0.15) is 34.3 Å². The van der Waals surface area contributed by atoms with E-state index in [4.69, 9.17) is 14.2 Å². The molecule has 0 fully saturated rings. The van der Waals surface area contributed by atoms with Gasteiger partial charge in [0.2, 0.25) is 5.91 Å². The van der Waals surface area contributed by atoms with Crippen LogP contribution in [0.2, 0.25) is 0 Å². The van der Waals surface area contributed by atoms with Gasteiger partial charge in [-0.1, -0.05) is 18.2 Å². The number of H-pyrrole nitrogens is 1. The predicted octanol–water partition coefficient (Wildman–Crippen LogP) is 2.37. The molecule has 0 saturated heterocycles. The molecule has 4 aromatic rings. The number of amides is 1. The molecule has 1 unspecified atom stereocenters. The Labute approximate surface area is 199 Å². The molecule has 0 radical (unpaired) electrons. The molecule has 12 heteroatoms. The van der Waals surface area contributed by atoms with Crippen LogP contribution in [-0.2, 0) is 16.1 Å². The summed E-state index contributed by atoms with van der Waals surface area (Å²) in [5, 5.41) is 14.0. The van der Waals surface area contributed by atoms with Crippen LogP contribution in [0.3, 0.4) is 0 Å². The Bertz CT molecular complexity index is 1380. The van der Waals surface area contributed by atoms with Crippen molar-refractivity contribution in [1.29, 1.82) is 0 Å². The van der Waals surface area contributed by atoms with Crippen LogP contribution in [0, 0.1) is 0 Å². The van der Waals surface area contributed by atoms with Gasteiger partial charge in [-0.25, -0.2) is 19.4 Å². The van der Waals surface area contributed by atoms with Gasteiger partial charge in [0.05, 0.1) is 20.6 Å². The van der Waals surface area contributed by atoms with Crippen LogP contribution in [0.5, 0.6) is 11.5 Å². The average Bonchev–Trinajstić information content (AvgIpc) is 3.61. The van der Waals surface area contributed by atoms with Gasteiger partial charge >= 0.3 is 5.97 Å². The first-order valence-corrected chi connectivity index (χ1v) is 10.7. The summed E-state index contributed by atoms with van der Waals surface area (Å²) in [7, 11) is 2.93. The number of carbonyl (C=O) groups is 2. The fourth-order valence-corrected chi connectivity index (χ4v) is 3.90. The highest BCUT2D eigenvalue weighted by Crippen LogP contribution is 2.43. The van der Waals surface area contributed by atoms with Crippen LogP contribution in [-0.4, -0.2) is 56.0 Å². The van der Waals surface area contributed by atoms with Crippen LogP contribution in [0.25, 0.3) is 11.4 Å². The molecule has 3 heterocycles. The van der Waals surface area contributed by atoms with Crippen LogP contribution in [0.4, 0.5) is 5.69 Å². The molecule has 2 aromatic carbocycles. The summed E-state index contributed by atoms with van der Waals surface area (Å²) in [6.07, 6.45) is 2.25. The van der Waals surface area contributed by atoms with E-state index in [0.717, 1.165) is 5.56 Å². The van der Waals surface area contributed by atoms with E-state index in [1.54, 1.807) is 41.3 Å². The molecule has 0 aliphatic carbocycles. The second kappa shape index (κ2) is 9.25. The maximum absolute atomic E-state index is 12.8. The first-order chi connectivity index (χ1) is 17.1. The minimum absolute atomic E-state index is 0.0544. The Morgan fingerprint density at radius 3 is 2.89 bits per heavy atom. The van der Waals surface area contributed by atoms with Gasteiger partial charge in [0.1, 0.15) is 36.7 Å². The van der Waals surface area contributed by atoms with Gasteiger partial charge in [0, 0.05) is 16.8 Å². The van der Waals surface area contributed by atoms with Crippen molar-refractivity contribution in [2.75, 3.05) is 19.5 Å². The fourth-order valence-electron chi connectivity index (χ4n) is 3.90. The number of cyclic esters (lactones) is 1. The summed E-state index contributed by atoms with van der Waals surface area (Å²) in [5.41, 5.74) is 2.14. The normalized spacial score (nSPS) is 14.3. The summed E-state index contributed by atoms with van der Waals surface area (Å²) in [6, 6.07) is 10.5. The zero-order valence-electron chi connectivity index (χ0n) is 18.9. The molecule has 1 aliphatic rings. The molecule has 5 rings (SSSR count). The number of aromatic amines is 1. The van der Waals surface area contributed by atoms with Crippen molar-refractivity contribution in [1.82, 2.24) is 29.9 Å². The molecule has 35 heavy (non-hydrogen) atoms. The summed E-state index contributed by atoms with van der Waals surface area (Å²) in [6.45, 7) is 0.404. The lowest BCUT2D eigenvalue weighted by Crippen LogP contribution is -2.15. The maximum atomic E-state index is 12.8. The standard InChI is InChI=1S/C23H21N7O5/c1-33-16-7-6-15-17(35-23(32)20(15)21(16)34-2)9-19(31)26-14-5-3-4-13(8-14)22-27-18(28-29-22)10-30-12-24-11-25-30/h3-8,11-12,17H,9-10H2,1-2H3,(H,26,31)(H,27,28,29). The number of nitrogens with zero attached hydrogens (tertiary/aromatic N) is 5. The monoisotopic (exact) mass is 475 g/mol. The number of ether oxygens (including phenoxy) is 3. The van der Waals surface area contributed by atoms with E-state index >= 15 is 0 Å². The molecule has 1 aliphatic heterocycles. The lowest BCUT2D eigenvalue weighted by molar-refractivity contribution is -0.118. The Hall–Kier alpha value is -4.74. The zero-order chi connectivity index (χ0) is 24.4. The molecule has 0 bridgehead atoms. The number of anilines is 1. The molecule has 178 valence electrons. The summed E-state index contributed by atoms with van der Waals surface area (Å²) < 4.78 is 17.7. The number of benzene rings is 2. The van der Waals surface area contributed by atoms with E-state index in [1.165, 1.54) is 20.5 Å². The van der Waals surface area contributed by atoms with Gasteiger partial charge in [0.15, 0.2) is 17.3 Å². The maximum Gasteiger partial charge on any atom is 0.343 e. The van der Waals surface area contributed by atoms with Crippen LogP contribution >= 0.6 is 0 Å². The first kappa shape index (κ1) is 22.1. The number of nitrogens with one attached hydrogen (secondary N) is 2. The smallest absolute Gasteiger partial charge is 0.343 e. The molecule has 1 atom stereocenters. The number of aromatic nitrogens is 6. The predicted molar refractivity (Wildman–Crippen MR) is 122 cm³/mol. The highest BCUT2D eigenvalue weighted by atomic mass is 16.6. The van der Waals surface area contributed by atoms with Crippen LogP contribution < -0.4 is 14.8 Å². The lowest BCUT2D eigenvalue weighted by atomic mass is 10.0. The van der Waals surface area contributed by atoms with Crippen molar-refractivity contribution < 1.29 is 23.8 Å². The molecule has 12 nitrogen and oxygen atoms in total. The zero-order valence-corrected chi connectivity index (χ0v) is 18.9. The van der Waals surface area contributed by atoms with Gasteiger partial charge in [-0.2, -0.15) is 10.2 Å². The average molecular weight is 475 g/mol. The summed E-state index contributed by atoms with van der Waals surface area (Å²) in [4.78, 5) is 33.6. The fraction of sp³-hybridized carbons (Fsp3) is 0.217. The van der Waals surface area contributed by atoms with Gasteiger partial charge in [-0.3, -0.25) is 9.89 Å². The number of esters is 1. The summed E-state index contributed by atoms with van der Waals surface area (Å²) in [5.74, 6) is 0.942. The lowest BCUT2D eigenvalue weighted by Gasteiger charge is -2.13. The van der Waals surface area contributed by atoms with Gasteiger partial charge in [0.25, 0.3) is 0 Å². The van der Waals surface area contributed by atoms with E-state index in [-0.39, 0.29) is 17.9 Å². The molecule has 2 aromatic heterocycles. The number of carbonyl (C=O) groups excluding carboxylic acids is 2. The third-order valence-corrected chi connectivity index (χ3v) is 5.46. The van der Waals surface area contributed by atoms with E-state index < -0.39 is 12.1 Å². The molecule has 2 N–H and O–H groups in total. The van der Waals surface area contributed by atoms with Crippen molar-refractivity contribution in [2.45, 2.75) is 19.1 Å². The Morgan fingerprint density at radius 2 is 2.11 bits per heavy atom. The molecule has 0 spiro atoms. The van der Waals surface area contributed by atoms with Gasteiger partial charge in [-0.15, -0.1) is 0 Å². The van der Waals surface area contributed by atoms with Crippen molar-refractivity contribution >= 4 is 17.6 Å². The molecule has 0 saturated carbocycles. The molecular weight excluding hydrogens is 454 g/mol. The summed E-state index contributed by atoms with van der Waals surface area (Å²) >= 11 is 0. The van der Waals surface area contributed by atoms with Crippen molar-refractivity contribution in [3.63, 3.8) is 0 Å². The number of hydrogen-bond acceptors (Lipinski definition) is 9. The minimum Gasteiger partial charge on any atom is -0.493 e. The third-order valence-electron chi connectivity index (χ3n) is 5.46. The van der Waals surface area contributed by atoms with E-state index in [2.05, 4.69) is 30.6 Å². The topological polar surface area (TPSA) is 146 Å².